The van der Waals surface area contributed by atoms with Crippen LogP contribution in [0.5, 0.6) is 0 Å². The van der Waals surface area contributed by atoms with Gasteiger partial charge in [-0.05, 0) is 38.5 Å². The Kier molecular flexibility index (Phi) is 8.05. The predicted octanol–water partition coefficient (Wildman–Crippen LogP) is 2.61. The monoisotopic (exact) mass is 407 g/mol. The van der Waals surface area contributed by atoms with Crippen LogP contribution in [0.15, 0.2) is 0 Å². The predicted molar refractivity (Wildman–Crippen MR) is 108 cm³/mol. The summed E-state index contributed by atoms with van der Waals surface area (Å²) in [5, 5.41) is 3.69. The van der Waals surface area contributed by atoms with Crippen LogP contribution in [-0.4, -0.2) is 72.7 Å². The number of piperidine rings is 1. The van der Waals surface area contributed by atoms with Crippen molar-refractivity contribution in [3.8, 4) is 0 Å². The largest absolute Gasteiger partial charge is 0.379 e. The minimum absolute atomic E-state index is 0. The molecule has 4 fully saturated rings. The number of morpholine rings is 1. The number of amides is 1. The fourth-order valence-electron chi connectivity index (χ4n) is 5.63. The molecule has 0 aromatic carbocycles. The Morgan fingerprint density at radius 1 is 1.12 bits per heavy atom. The van der Waals surface area contributed by atoms with Crippen LogP contribution in [0.2, 0.25) is 0 Å². The van der Waals surface area contributed by atoms with Crippen molar-refractivity contribution in [1.29, 1.82) is 0 Å². The summed E-state index contributed by atoms with van der Waals surface area (Å²) in [6.45, 7) is 3.63. The van der Waals surface area contributed by atoms with Gasteiger partial charge in [-0.3, -0.25) is 9.69 Å². The van der Waals surface area contributed by atoms with Crippen molar-refractivity contribution in [3.05, 3.63) is 0 Å². The summed E-state index contributed by atoms with van der Waals surface area (Å²) in [5.74, 6) is 0.370. The van der Waals surface area contributed by atoms with Gasteiger partial charge in [0.15, 0.2) is 0 Å². The van der Waals surface area contributed by atoms with E-state index >= 15 is 0 Å². The zero-order valence-electron chi connectivity index (χ0n) is 16.0. The van der Waals surface area contributed by atoms with Crippen molar-refractivity contribution in [1.82, 2.24) is 15.1 Å². The molecular weight excluding hydrogens is 373 g/mol. The van der Waals surface area contributed by atoms with Gasteiger partial charge >= 0.3 is 0 Å². The van der Waals surface area contributed by atoms with Crippen LogP contribution in [0.1, 0.15) is 57.8 Å². The van der Waals surface area contributed by atoms with Gasteiger partial charge in [-0.2, -0.15) is 0 Å². The number of fused-ring (bicyclic) bond motifs is 2. The van der Waals surface area contributed by atoms with Gasteiger partial charge in [0.25, 0.3) is 0 Å². The molecule has 4 rings (SSSR count). The fraction of sp³-hybridized carbons (Fsp3) is 0.947. The Balaban J connectivity index is 0.00000121. The summed E-state index contributed by atoms with van der Waals surface area (Å²) in [6, 6.07) is 1.73. The minimum atomic E-state index is 0. The highest BCUT2D eigenvalue weighted by Gasteiger charge is 2.43. The lowest BCUT2D eigenvalue weighted by Gasteiger charge is -2.44. The Hall–Kier alpha value is -0.0700. The third-order valence-electron chi connectivity index (χ3n) is 7.09. The first kappa shape index (κ1) is 22.2. The van der Waals surface area contributed by atoms with Crippen LogP contribution in [0, 0.1) is 0 Å². The van der Waals surface area contributed by atoms with Gasteiger partial charge in [-0.25, -0.2) is 0 Å². The number of nitrogens with one attached hydrogen (secondary N) is 1. The second kappa shape index (κ2) is 9.42. The summed E-state index contributed by atoms with van der Waals surface area (Å²) < 4.78 is 5.54. The average molecular weight is 408 g/mol. The van der Waals surface area contributed by atoms with E-state index in [4.69, 9.17) is 4.74 Å². The van der Waals surface area contributed by atoms with Gasteiger partial charge < -0.3 is 15.0 Å². The van der Waals surface area contributed by atoms with Gasteiger partial charge in [0.05, 0.1) is 13.2 Å². The number of ether oxygens (including phenoxy) is 1. The Morgan fingerprint density at radius 3 is 2.27 bits per heavy atom. The molecule has 26 heavy (non-hydrogen) atoms. The number of nitrogens with zero attached hydrogens (tertiary/aromatic N) is 2. The van der Waals surface area contributed by atoms with Crippen LogP contribution in [0.3, 0.4) is 0 Å². The summed E-state index contributed by atoms with van der Waals surface area (Å²) in [5.41, 5.74) is 0.112. The first-order valence-corrected chi connectivity index (χ1v) is 10.0. The van der Waals surface area contributed by atoms with Crippen molar-refractivity contribution < 1.29 is 9.53 Å². The zero-order chi connectivity index (χ0) is 16.6. The number of rotatable bonds is 4. The maximum atomic E-state index is 13.1. The third-order valence-corrected chi connectivity index (χ3v) is 7.09. The highest BCUT2D eigenvalue weighted by atomic mass is 35.5. The molecule has 0 spiro atoms. The molecule has 3 heterocycles. The van der Waals surface area contributed by atoms with E-state index in [2.05, 4.69) is 22.2 Å². The van der Waals surface area contributed by atoms with E-state index in [0.717, 1.165) is 39.1 Å². The molecule has 2 unspecified atom stereocenters. The van der Waals surface area contributed by atoms with Crippen molar-refractivity contribution in [2.24, 2.45) is 0 Å². The fourth-order valence-corrected chi connectivity index (χ4v) is 5.63. The molecule has 1 saturated carbocycles. The number of halogens is 2. The van der Waals surface area contributed by atoms with Crippen molar-refractivity contribution in [2.75, 3.05) is 33.4 Å². The van der Waals surface area contributed by atoms with E-state index in [1.807, 2.05) is 0 Å². The van der Waals surface area contributed by atoms with Crippen LogP contribution in [0.25, 0.3) is 0 Å². The van der Waals surface area contributed by atoms with Crippen LogP contribution in [-0.2, 0) is 9.53 Å². The van der Waals surface area contributed by atoms with E-state index in [0.29, 0.717) is 30.5 Å². The molecule has 3 saturated heterocycles. The first-order valence-electron chi connectivity index (χ1n) is 10.0. The maximum Gasteiger partial charge on any atom is 0.224 e. The highest BCUT2D eigenvalue weighted by molar-refractivity contribution is 5.85. The van der Waals surface area contributed by atoms with Crippen LogP contribution < -0.4 is 5.32 Å². The van der Waals surface area contributed by atoms with Gasteiger partial charge in [0.2, 0.25) is 5.91 Å². The zero-order valence-corrected chi connectivity index (χ0v) is 17.6. The molecule has 1 aliphatic carbocycles. The number of carbonyl (C=O) groups excluding carboxylic acids is 1. The van der Waals surface area contributed by atoms with Crippen molar-refractivity contribution in [2.45, 2.75) is 81.5 Å². The summed E-state index contributed by atoms with van der Waals surface area (Å²) in [6.07, 6.45) is 10.5. The van der Waals surface area contributed by atoms with Crippen molar-refractivity contribution >= 4 is 30.7 Å². The third kappa shape index (κ3) is 4.49. The molecular formula is C19H35Cl2N3O2. The molecule has 1 amide bonds. The molecule has 3 aliphatic heterocycles. The lowest BCUT2D eigenvalue weighted by Crippen LogP contribution is -2.55. The van der Waals surface area contributed by atoms with Crippen LogP contribution in [0.4, 0.5) is 0 Å². The first-order chi connectivity index (χ1) is 11.7. The molecule has 2 bridgehead atoms. The molecule has 5 nitrogen and oxygen atoms in total. The normalized spacial score (nSPS) is 33.2. The smallest absolute Gasteiger partial charge is 0.224 e. The van der Waals surface area contributed by atoms with Crippen molar-refractivity contribution in [3.63, 3.8) is 0 Å². The van der Waals surface area contributed by atoms with Gasteiger partial charge in [0, 0.05) is 50.2 Å². The molecule has 152 valence electrons. The minimum Gasteiger partial charge on any atom is -0.379 e. The van der Waals surface area contributed by atoms with E-state index in [1.54, 1.807) is 0 Å². The molecule has 2 atom stereocenters. The van der Waals surface area contributed by atoms with Crippen LogP contribution >= 0.6 is 24.8 Å². The van der Waals surface area contributed by atoms with E-state index in [-0.39, 0.29) is 30.4 Å². The van der Waals surface area contributed by atoms with E-state index < -0.39 is 0 Å². The van der Waals surface area contributed by atoms with Gasteiger partial charge in [0.1, 0.15) is 0 Å². The standard InChI is InChI=1S/C19H33N3O2.2ClH/c1-21(17-12-15-4-5-16(13-17)20-15)18(23)14-19(6-2-3-7-19)22-8-10-24-11-9-22;;/h15-17,20H,2-14H2,1H3;2*1H. The number of hydrogen-bond donors (Lipinski definition) is 1. The average Bonchev–Trinajstić information content (AvgIpc) is 3.22. The lowest BCUT2D eigenvalue weighted by atomic mass is 9.89. The molecule has 0 aromatic rings. The van der Waals surface area contributed by atoms with E-state index in [1.165, 1.54) is 38.5 Å². The summed E-state index contributed by atoms with van der Waals surface area (Å²) in [7, 11) is 2.06. The maximum absolute atomic E-state index is 13.1. The Labute approximate surface area is 170 Å². The molecule has 7 heteroatoms. The molecule has 0 radical (unpaired) electrons. The molecule has 0 aromatic heterocycles. The Morgan fingerprint density at radius 2 is 1.69 bits per heavy atom. The van der Waals surface area contributed by atoms with Gasteiger partial charge in [-0.15, -0.1) is 24.8 Å². The molecule has 4 aliphatic rings. The second-order valence-corrected chi connectivity index (χ2v) is 8.48. The van der Waals surface area contributed by atoms with E-state index in [9.17, 15) is 4.79 Å². The molecule has 1 N–H and O–H groups in total. The summed E-state index contributed by atoms with van der Waals surface area (Å²) in [4.78, 5) is 17.8. The topological polar surface area (TPSA) is 44.8 Å². The lowest BCUT2D eigenvalue weighted by molar-refractivity contribution is -0.137. The Bertz CT molecular complexity index is 456. The second-order valence-electron chi connectivity index (χ2n) is 8.48. The SMILES string of the molecule is CN(C(=O)CC1(N2CCOCC2)CCCC1)C1CC2CCC(C1)N2.Cl.Cl. The number of hydrogen-bond acceptors (Lipinski definition) is 4. The number of carbonyl (C=O) groups is 1. The quantitative estimate of drug-likeness (QED) is 0.777. The highest BCUT2D eigenvalue weighted by Crippen LogP contribution is 2.39. The summed E-state index contributed by atoms with van der Waals surface area (Å²) >= 11 is 0. The van der Waals surface area contributed by atoms with Gasteiger partial charge in [-0.1, -0.05) is 12.8 Å².